The Morgan fingerprint density at radius 3 is 2.69 bits per heavy atom. The average Bonchev–Trinajstić information content (AvgIpc) is 3.38. The summed E-state index contributed by atoms with van der Waals surface area (Å²) in [7, 11) is 3.73. The van der Waals surface area contributed by atoms with Gasteiger partial charge in [-0.05, 0) is 56.3 Å². The highest BCUT2D eigenvalue weighted by molar-refractivity contribution is 5.64. The highest BCUT2D eigenvalue weighted by atomic mass is 19.1. The molecule has 1 atom stereocenters. The van der Waals surface area contributed by atoms with Crippen molar-refractivity contribution in [2.24, 2.45) is 0 Å². The molecule has 0 amide bonds. The molecule has 0 radical (unpaired) electrons. The van der Waals surface area contributed by atoms with Gasteiger partial charge in [-0.25, -0.2) is 9.07 Å². The van der Waals surface area contributed by atoms with Gasteiger partial charge in [0.25, 0.3) is 0 Å². The highest BCUT2D eigenvalue weighted by Gasteiger charge is 2.20. The molecule has 2 aromatic carbocycles. The van der Waals surface area contributed by atoms with Crippen LogP contribution in [0.4, 0.5) is 4.39 Å². The number of hydrogen-bond donors (Lipinski definition) is 0. The number of halogens is 1. The molecular weight excluding hydrogens is 369 g/mol. The predicted octanol–water partition coefficient (Wildman–Crippen LogP) is 4.30. The van der Waals surface area contributed by atoms with Crippen molar-refractivity contribution in [3.63, 3.8) is 0 Å². The van der Waals surface area contributed by atoms with E-state index in [-0.39, 0.29) is 11.9 Å². The Labute approximate surface area is 170 Å². The van der Waals surface area contributed by atoms with Crippen LogP contribution in [0.5, 0.6) is 5.75 Å². The zero-order valence-corrected chi connectivity index (χ0v) is 16.8. The van der Waals surface area contributed by atoms with Gasteiger partial charge in [0, 0.05) is 37.0 Å². The number of ether oxygens (including phenoxy) is 2. The second-order valence-corrected chi connectivity index (χ2v) is 7.46. The number of likely N-dealkylation sites (N-methyl/N-ethyl adjacent to an activating group) is 1. The van der Waals surface area contributed by atoms with Crippen molar-refractivity contribution < 1.29 is 13.9 Å². The quantitative estimate of drug-likeness (QED) is 0.598. The first kappa shape index (κ1) is 19.6. The molecule has 1 saturated heterocycles. The van der Waals surface area contributed by atoms with Crippen LogP contribution in [0.1, 0.15) is 18.4 Å². The summed E-state index contributed by atoms with van der Waals surface area (Å²) < 4.78 is 27.0. The summed E-state index contributed by atoms with van der Waals surface area (Å²) in [6.07, 6.45) is 4.43. The Kier molecular flexibility index (Phi) is 5.92. The molecule has 1 unspecified atom stereocenters. The predicted molar refractivity (Wildman–Crippen MR) is 111 cm³/mol. The van der Waals surface area contributed by atoms with E-state index in [4.69, 9.17) is 14.6 Å². The van der Waals surface area contributed by atoms with E-state index in [9.17, 15) is 4.39 Å². The minimum atomic E-state index is -0.296. The largest absolute Gasteiger partial charge is 0.497 e. The van der Waals surface area contributed by atoms with Crippen molar-refractivity contribution in [1.82, 2.24) is 14.7 Å². The number of para-hydroxylation sites is 1. The topological polar surface area (TPSA) is 39.5 Å². The molecule has 0 N–H and O–H groups in total. The molecule has 1 aliphatic rings. The molecule has 0 aliphatic carbocycles. The lowest BCUT2D eigenvalue weighted by atomic mass is 10.1. The maximum Gasteiger partial charge on any atom is 0.148 e. The van der Waals surface area contributed by atoms with Gasteiger partial charge in [0.2, 0.25) is 0 Å². The molecular formula is C23H26FN3O2. The van der Waals surface area contributed by atoms with Gasteiger partial charge in [-0.2, -0.15) is 5.10 Å². The Balaban J connectivity index is 1.66. The molecule has 0 saturated carbocycles. The molecule has 0 bridgehead atoms. The lowest BCUT2D eigenvalue weighted by molar-refractivity contribution is 0.0793. The smallest absolute Gasteiger partial charge is 0.148 e. The summed E-state index contributed by atoms with van der Waals surface area (Å²) in [4.78, 5) is 2.24. The van der Waals surface area contributed by atoms with Gasteiger partial charge < -0.3 is 9.47 Å². The summed E-state index contributed by atoms with van der Waals surface area (Å²) >= 11 is 0. The molecule has 1 fully saturated rings. The molecule has 29 heavy (non-hydrogen) atoms. The first-order valence-corrected chi connectivity index (χ1v) is 9.92. The van der Waals surface area contributed by atoms with Gasteiger partial charge in [0.05, 0.1) is 18.9 Å². The molecule has 5 nitrogen and oxygen atoms in total. The molecule has 6 heteroatoms. The number of aromatic nitrogens is 2. The van der Waals surface area contributed by atoms with Crippen molar-refractivity contribution >= 4 is 0 Å². The number of benzene rings is 2. The van der Waals surface area contributed by atoms with Crippen molar-refractivity contribution in [1.29, 1.82) is 0 Å². The standard InChI is InChI=1S/C23H26FN3O2/c1-26(16-20-6-5-13-29-20)14-18-15-27(22-8-4-3-7-21(22)24)25-23(18)17-9-11-19(28-2)12-10-17/h3-4,7-12,15,20H,5-6,13-14,16H2,1-2H3. The van der Waals surface area contributed by atoms with Gasteiger partial charge in [0.15, 0.2) is 0 Å². The third-order valence-electron chi connectivity index (χ3n) is 5.23. The van der Waals surface area contributed by atoms with E-state index in [0.717, 1.165) is 48.6 Å². The SMILES string of the molecule is COc1ccc(-c2nn(-c3ccccc3F)cc2CN(C)CC2CCCO2)cc1. The molecule has 3 aromatic rings. The second-order valence-electron chi connectivity index (χ2n) is 7.46. The maximum absolute atomic E-state index is 14.3. The van der Waals surface area contributed by atoms with Gasteiger partial charge in [-0.3, -0.25) is 4.90 Å². The van der Waals surface area contributed by atoms with Gasteiger partial charge in [0.1, 0.15) is 17.3 Å². The third kappa shape index (κ3) is 4.49. The number of nitrogens with zero attached hydrogens (tertiary/aromatic N) is 3. The fraction of sp³-hybridized carbons (Fsp3) is 0.348. The Morgan fingerprint density at radius 1 is 1.21 bits per heavy atom. The van der Waals surface area contributed by atoms with Crippen molar-refractivity contribution in [2.45, 2.75) is 25.5 Å². The number of hydrogen-bond acceptors (Lipinski definition) is 4. The van der Waals surface area contributed by atoms with E-state index >= 15 is 0 Å². The summed E-state index contributed by atoms with van der Waals surface area (Å²) in [5.74, 6) is 0.495. The van der Waals surface area contributed by atoms with Crippen LogP contribution in [0.3, 0.4) is 0 Å². The molecule has 152 valence electrons. The Bertz CT molecular complexity index is 949. The molecule has 2 heterocycles. The van der Waals surface area contributed by atoms with Crippen LogP contribution < -0.4 is 4.74 Å². The van der Waals surface area contributed by atoms with Crippen LogP contribution >= 0.6 is 0 Å². The fourth-order valence-corrected chi connectivity index (χ4v) is 3.77. The van der Waals surface area contributed by atoms with E-state index in [1.165, 1.54) is 6.07 Å². The average molecular weight is 395 g/mol. The first-order chi connectivity index (χ1) is 14.1. The van der Waals surface area contributed by atoms with Crippen molar-refractivity contribution in [3.8, 4) is 22.7 Å². The van der Waals surface area contributed by atoms with E-state index < -0.39 is 0 Å². The third-order valence-corrected chi connectivity index (χ3v) is 5.23. The minimum absolute atomic E-state index is 0.283. The van der Waals surface area contributed by atoms with Crippen LogP contribution in [-0.4, -0.2) is 48.1 Å². The van der Waals surface area contributed by atoms with Crippen LogP contribution in [0.2, 0.25) is 0 Å². The van der Waals surface area contributed by atoms with E-state index in [1.807, 2.05) is 36.5 Å². The lowest BCUT2D eigenvalue weighted by Crippen LogP contribution is -2.28. The highest BCUT2D eigenvalue weighted by Crippen LogP contribution is 2.27. The Morgan fingerprint density at radius 2 is 2.00 bits per heavy atom. The van der Waals surface area contributed by atoms with Gasteiger partial charge in [-0.15, -0.1) is 0 Å². The fourth-order valence-electron chi connectivity index (χ4n) is 3.77. The van der Waals surface area contributed by atoms with Crippen LogP contribution in [0.15, 0.2) is 54.7 Å². The summed E-state index contributed by atoms with van der Waals surface area (Å²) in [5, 5.41) is 4.73. The molecule has 1 aliphatic heterocycles. The summed E-state index contributed by atoms with van der Waals surface area (Å²) in [6, 6.07) is 14.5. The Hall–Kier alpha value is -2.70. The van der Waals surface area contributed by atoms with Crippen molar-refractivity contribution in [2.75, 3.05) is 27.3 Å². The summed E-state index contributed by atoms with van der Waals surface area (Å²) in [5.41, 5.74) is 3.30. The van der Waals surface area contributed by atoms with E-state index in [1.54, 1.807) is 23.9 Å². The first-order valence-electron chi connectivity index (χ1n) is 9.92. The van der Waals surface area contributed by atoms with Crippen LogP contribution in [0, 0.1) is 5.82 Å². The van der Waals surface area contributed by atoms with Crippen LogP contribution in [0.25, 0.3) is 16.9 Å². The van der Waals surface area contributed by atoms with Gasteiger partial charge >= 0.3 is 0 Å². The molecule has 4 rings (SSSR count). The zero-order chi connectivity index (χ0) is 20.2. The van der Waals surface area contributed by atoms with E-state index in [2.05, 4.69) is 11.9 Å². The molecule has 0 spiro atoms. The normalized spacial score (nSPS) is 16.5. The zero-order valence-electron chi connectivity index (χ0n) is 16.8. The van der Waals surface area contributed by atoms with Crippen LogP contribution in [-0.2, 0) is 11.3 Å². The monoisotopic (exact) mass is 395 g/mol. The van der Waals surface area contributed by atoms with Gasteiger partial charge in [-0.1, -0.05) is 12.1 Å². The lowest BCUT2D eigenvalue weighted by Gasteiger charge is -2.20. The van der Waals surface area contributed by atoms with E-state index in [0.29, 0.717) is 12.2 Å². The van der Waals surface area contributed by atoms with Crippen molar-refractivity contribution in [3.05, 3.63) is 66.1 Å². The molecule has 1 aromatic heterocycles. The maximum atomic E-state index is 14.3. The number of methoxy groups -OCH3 is 1. The summed E-state index contributed by atoms with van der Waals surface area (Å²) in [6.45, 7) is 2.42. The minimum Gasteiger partial charge on any atom is -0.497 e. The second kappa shape index (κ2) is 8.76. The number of rotatable bonds is 7.